The number of fused-ring (bicyclic) bond motifs is 1. The molecule has 0 aliphatic rings. The second-order valence-electron chi connectivity index (χ2n) is 7.50. The highest BCUT2D eigenvalue weighted by Gasteiger charge is 2.13. The van der Waals surface area contributed by atoms with Crippen molar-refractivity contribution in [2.45, 2.75) is 45.6 Å². The Hall–Kier alpha value is -2.86. The van der Waals surface area contributed by atoms with Crippen molar-refractivity contribution in [3.63, 3.8) is 0 Å². The van der Waals surface area contributed by atoms with Gasteiger partial charge in [0.1, 0.15) is 11.6 Å². The van der Waals surface area contributed by atoms with Gasteiger partial charge in [0.25, 0.3) is 0 Å². The summed E-state index contributed by atoms with van der Waals surface area (Å²) in [5.74, 6) is 1.02. The summed E-state index contributed by atoms with van der Waals surface area (Å²) in [6.07, 6.45) is 3.49. The molecule has 0 bridgehead atoms. The first-order valence-electron chi connectivity index (χ1n) is 10.5. The number of benzene rings is 2. The lowest BCUT2D eigenvalue weighted by atomic mass is 10.1. The summed E-state index contributed by atoms with van der Waals surface area (Å²) in [7, 11) is 1.72. The first kappa shape index (κ1) is 21.8. The van der Waals surface area contributed by atoms with E-state index in [1.54, 1.807) is 7.11 Å². The van der Waals surface area contributed by atoms with Crippen LogP contribution in [0.5, 0.6) is 5.75 Å². The highest BCUT2D eigenvalue weighted by molar-refractivity contribution is 5.82. The summed E-state index contributed by atoms with van der Waals surface area (Å²) in [4.78, 5) is 15.5. The molecule has 3 rings (SSSR count). The van der Waals surface area contributed by atoms with Crippen LogP contribution in [0.25, 0.3) is 22.4 Å². The molecule has 0 atom stereocenters. The predicted molar refractivity (Wildman–Crippen MR) is 118 cm³/mol. The summed E-state index contributed by atoms with van der Waals surface area (Å²) in [5.41, 5.74) is 4.30. The van der Waals surface area contributed by atoms with Gasteiger partial charge in [0.2, 0.25) is 0 Å². The van der Waals surface area contributed by atoms with Crippen LogP contribution >= 0.6 is 0 Å². The second kappa shape index (κ2) is 10.8. The lowest BCUT2D eigenvalue weighted by Gasteiger charge is -2.11. The van der Waals surface area contributed by atoms with Gasteiger partial charge in [0, 0.05) is 38.3 Å². The maximum Gasteiger partial charge on any atom is 0.303 e. The summed E-state index contributed by atoms with van der Waals surface area (Å²) in [6.45, 7) is 4.16. The van der Waals surface area contributed by atoms with Crippen molar-refractivity contribution in [3.05, 3.63) is 48.0 Å². The predicted octanol–water partition coefficient (Wildman–Crippen LogP) is 5.07. The molecule has 6 nitrogen and oxygen atoms in total. The minimum Gasteiger partial charge on any atom is -0.494 e. The van der Waals surface area contributed by atoms with Crippen LogP contribution in [0.3, 0.4) is 0 Å². The van der Waals surface area contributed by atoms with Crippen LogP contribution in [0.4, 0.5) is 0 Å². The maximum absolute atomic E-state index is 10.6. The summed E-state index contributed by atoms with van der Waals surface area (Å²) < 4.78 is 13.4. The molecule has 1 heterocycles. The number of carboxylic acid groups (broad SMARTS) is 1. The number of unbranched alkanes of at least 4 members (excludes halogenated alkanes) is 2. The van der Waals surface area contributed by atoms with E-state index in [1.807, 2.05) is 18.2 Å². The molecule has 0 saturated heterocycles. The molecule has 0 saturated carbocycles. The third-order valence-electron chi connectivity index (χ3n) is 5.06. The highest BCUT2D eigenvalue weighted by Crippen LogP contribution is 2.28. The summed E-state index contributed by atoms with van der Waals surface area (Å²) in [6, 6.07) is 14.4. The van der Waals surface area contributed by atoms with E-state index in [0.717, 1.165) is 54.0 Å². The molecule has 0 aliphatic heterocycles. The molecule has 2 aromatic carbocycles. The topological polar surface area (TPSA) is 73.6 Å². The summed E-state index contributed by atoms with van der Waals surface area (Å²) in [5, 5.41) is 8.70. The van der Waals surface area contributed by atoms with Crippen LogP contribution in [0, 0.1) is 6.92 Å². The molecule has 160 valence electrons. The number of aryl methyl sites for hydroxylation is 2. The first-order chi connectivity index (χ1) is 14.6. The van der Waals surface area contributed by atoms with Crippen LogP contribution in [0.15, 0.2) is 42.5 Å². The molecule has 0 amide bonds. The standard InChI is InChI=1S/C24H30N2O4/c1-18-8-10-19(11-9-18)24-25-21-13-12-20(30-16-5-3-4-7-23(27)28)17-22(21)26(24)14-6-15-29-2/h8-13,17H,3-7,14-16H2,1-2H3,(H,27,28). The third-order valence-corrected chi connectivity index (χ3v) is 5.06. The van der Waals surface area contributed by atoms with Gasteiger partial charge in [-0.1, -0.05) is 29.8 Å². The zero-order chi connectivity index (χ0) is 21.3. The van der Waals surface area contributed by atoms with Crippen molar-refractivity contribution in [1.82, 2.24) is 9.55 Å². The Bertz CT molecular complexity index is 963. The normalized spacial score (nSPS) is 11.1. The maximum atomic E-state index is 10.6. The van der Waals surface area contributed by atoms with Gasteiger partial charge in [-0.3, -0.25) is 4.79 Å². The molecule has 0 fully saturated rings. The quantitative estimate of drug-likeness (QED) is 0.422. The molecular formula is C24H30N2O4. The fourth-order valence-corrected chi connectivity index (χ4v) is 3.45. The second-order valence-corrected chi connectivity index (χ2v) is 7.50. The molecule has 1 aromatic heterocycles. The van der Waals surface area contributed by atoms with E-state index in [4.69, 9.17) is 19.6 Å². The molecule has 3 aromatic rings. The Kier molecular flexibility index (Phi) is 7.85. The Labute approximate surface area is 177 Å². The molecule has 30 heavy (non-hydrogen) atoms. The number of carbonyl (C=O) groups is 1. The molecule has 1 N–H and O–H groups in total. The van der Waals surface area contributed by atoms with Crippen LogP contribution in [-0.2, 0) is 16.1 Å². The Morgan fingerprint density at radius 1 is 1.03 bits per heavy atom. The van der Waals surface area contributed by atoms with Crippen LogP contribution in [0.1, 0.15) is 37.7 Å². The Balaban J connectivity index is 1.77. The van der Waals surface area contributed by atoms with Gasteiger partial charge in [0.05, 0.1) is 17.6 Å². The van der Waals surface area contributed by atoms with Crippen LogP contribution < -0.4 is 4.74 Å². The Morgan fingerprint density at radius 3 is 2.57 bits per heavy atom. The van der Waals surface area contributed by atoms with Gasteiger partial charge < -0.3 is 19.1 Å². The van der Waals surface area contributed by atoms with Crippen molar-refractivity contribution in [3.8, 4) is 17.1 Å². The zero-order valence-corrected chi connectivity index (χ0v) is 17.8. The molecule has 0 radical (unpaired) electrons. The number of aromatic nitrogens is 2. The van der Waals surface area contributed by atoms with E-state index < -0.39 is 5.97 Å². The lowest BCUT2D eigenvalue weighted by molar-refractivity contribution is -0.137. The van der Waals surface area contributed by atoms with Gasteiger partial charge in [-0.05, 0) is 44.7 Å². The van der Waals surface area contributed by atoms with Crippen molar-refractivity contribution < 1.29 is 19.4 Å². The Morgan fingerprint density at radius 2 is 1.83 bits per heavy atom. The van der Waals surface area contributed by atoms with Gasteiger partial charge in [-0.25, -0.2) is 4.98 Å². The van der Waals surface area contributed by atoms with Gasteiger partial charge in [-0.15, -0.1) is 0 Å². The average Bonchev–Trinajstić information content (AvgIpc) is 3.09. The van der Waals surface area contributed by atoms with Crippen molar-refractivity contribution in [2.24, 2.45) is 0 Å². The largest absolute Gasteiger partial charge is 0.494 e. The van der Waals surface area contributed by atoms with Gasteiger partial charge >= 0.3 is 5.97 Å². The van der Waals surface area contributed by atoms with Crippen LogP contribution in [-0.4, -0.2) is 41.0 Å². The fourth-order valence-electron chi connectivity index (χ4n) is 3.45. The molecule has 0 spiro atoms. The molecule has 0 aliphatic carbocycles. The molecule has 0 unspecified atom stereocenters. The van der Waals surface area contributed by atoms with E-state index in [2.05, 4.69) is 35.8 Å². The van der Waals surface area contributed by atoms with Crippen molar-refractivity contribution in [1.29, 1.82) is 0 Å². The van der Waals surface area contributed by atoms with Gasteiger partial charge in [0.15, 0.2) is 0 Å². The SMILES string of the molecule is COCCCn1c(-c2ccc(C)cc2)nc2ccc(OCCCCCC(=O)O)cc21. The smallest absolute Gasteiger partial charge is 0.303 e. The average molecular weight is 411 g/mol. The monoisotopic (exact) mass is 410 g/mol. The minimum atomic E-state index is -0.743. The number of nitrogens with zero attached hydrogens (tertiary/aromatic N) is 2. The number of carboxylic acids is 1. The fraction of sp³-hybridized carbons (Fsp3) is 0.417. The third kappa shape index (κ3) is 5.83. The number of methoxy groups -OCH3 is 1. The van der Waals surface area contributed by atoms with Crippen molar-refractivity contribution in [2.75, 3.05) is 20.3 Å². The van der Waals surface area contributed by atoms with Crippen LogP contribution in [0.2, 0.25) is 0 Å². The highest BCUT2D eigenvalue weighted by atomic mass is 16.5. The number of imidazole rings is 1. The van der Waals surface area contributed by atoms with Crippen molar-refractivity contribution >= 4 is 17.0 Å². The number of hydrogen-bond acceptors (Lipinski definition) is 4. The molecular weight excluding hydrogens is 380 g/mol. The van der Waals surface area contributed by atoms with Gasteiger partial charge in [-0.2, -0.15) is 0 Å². The van der Waals surface area contributed by atoms with E-state index in [0.29, 0.717) is 19.6 Å². The van der Waals surface area contributed by atoms with E-state index in [-0.39, 0.29) is 6.42 Å². The number of aliphatic carboxylic acids is 1. The first-order valence-corrected chi connectivity index (χ1v) is 10.5. The number of rotatable bonds is 12. The lowest BCUT2D eigenvalue weighted by Crippen LogP contribution is -2.04. The molecule has 6 heteroatoms. The number of ether oxygens (including phenoxy) is 2. The number of hydrogen-bond donors (Lipinski definition) is 1. The minimum absolute atomic E-state index is 0.217. The zero-order valence-electron chi connectivity index (χ0n) is 17.8. The van der Waals surface area contributed by atoms with E-state index >= 15 is 0 Å². The summed E-state index contributed by atoms with van der Waals surface area (Å²) >= 11 is 0. The van der Waals surface area contributed by atoms with E-state index in [9.17, 15) is 4.79 Å². The van der Waals surface area contributed by atoms with E-state index in [1.165, 1.54) is 5.56 Å².